The molecule has 0 atom stereocenters. The molecule has 3 heteroatoms. The molecule has 0 saturated heterocycles. The van der Waals surface area contributed by atoms with Crippen LogP contribution < -0.4 is 0 Å². The summed E-state index contributed by atoms with van der Waals surface area (Å²) < 4.78 is 23.1. The van der Waals surface area contributed by atoms with Gasteiger partial charge in [0.1, 0.15) is 0 Å². The van der Waals surface area contributed by atoms with E-state index in [1.54, 1.807) is 26.8 Å². The quantitative estimate of drug-likeness (QED) is 0.658. The van der Waals surface area contributed by atoms with E-state index in [0.29, 0.717) is 6.42 Å². The Morgan fingerprint density at radius 3 is 2.08 bits per heavy atom. The highest BCUT2D eigenvalue weighted by atomic mass is 32.2. The molecule has 0 aromatic carbocycles. The number of allylic oxidation sites excluding steroid dienone is 1. The van der Waals surface area contributed by atoms with Crippen molar-refractivity contribution in [2.75, 3.05) is 0 Å². The van der Waals surface area contributed by atoms with E-state index in [9.17, 15) is 8.42 Å². The van der Waals surface area contributed by atoms with Gasteiger partial charge < -0.3 is 0 Å². The third-order valence-corrected chi connectivity index (χ3v) is 6.03. The average molecular weight is 202 g/mol. The highest BCUT2D eigenvalue weighted by Crippen LogP contribution is 2.50. The Morgan fingerprint density at radius 1 is 1.38 bits per heavy atom. The van der Waals surface area contributed by atoms with Gasteiger partial charge in [0.05, 0.1) is 9.49 Å². The monoisotopic (exact) mass is 202 g/mol. The largest absolute Gasteiger partial charge is 0.228 e. The Labute approximate surface area is 81.0 Å². The second-order valence-electron chi connectivity index (χ2n) is 4.79. The van der Waals surface area contributed by atoms with E-state index in [0.717, 1.165) is 12.8 Å². The molecule has 0 radical (unpaired) electrons. The molecular formula is C10H18O2S. The maximum atomic E-state index is 12.1. The van der Waals surface area contributed by atoms with Crippen LogP contribution in [0.15, 0.2) is 12.7 Å². The first kappa shape index (κ1) is 10.8. The van der Waals surface area contributed by atoms with E-state index < -0.39 is 19.3 Å². The lowest BCUT2D eigenvalue weighted by Gasteiger charge is -2.25. The summed E-state index contributed by atoms with van der Waals surface area (Å²) in [4.78, 5) is 0. The van der Waals surface area contributed by atoms with Gasteiger partial charge in [-0.3, -0.25) is 0 Å². The van der Waals surface area contributed by atoms with Crippen molar-refractivity contribution in [2.45, 2.75) is 49.5 Å². The molecule has 1 aliphatic carbocycles. The van der Waals surface area contributed by atoms with Crippen LogP contribution in [-0.2, 0) is 9.84 Å². The fourth-order valence-electron chi connectivity index (χ4n) is 1.63. The van der Waals surface area contributed by atoms with Crippen molar-refractivity contribution in [3.05, 3.63) is 12.7 Å². The summed E-state index contributed by atoms with van der Waals surface area (Å²) in [6.07, 6.45) is 3.93. The van der Waals surface area contributed by atoms with Crippen LogP contribution in [0.1, 0.15) is 40.0 Å². The van der Waals surface area contributed by atoms with Gasteiger partial charge in [-0.25, -0.2) is 8.42 Å². The van der Waals surface area contributed by atoms with Crippen LogP contribution in [0.3, 0.4) is 0 Å². The second-order valence-corrected chi connectivity index (χ2v) is 7.89. The lowest BCUT2D eigenvalue weighted by Crippen LogP contribution is -2.38. The standard InChI is InChI=1S/C10H18O2S/c1-5-6-10(7-8-10)13(11,12)9(2,3)4/h5H,1,6-8H2,2-4H3. The summed E-state index contributed by atoms with van der Waals surface area (Å²) in [6.45, 7) is 8.92. The number of sulfone groups is 1. The van der Waals surface area contributed by atoms with Gasteiger partial charge in [0.2, 0.25) is 0 Å². The molecule has 0 aliphatic heterocycles. The SMILES string of the molecule is C=CCC1(S(=O)(=O)C(C)(C)C)CC1. The topological polar surface area (TPSA) is 34.1 Å². The van der Waals surface area contributed by atoms with Gasteiger partial charge in [-0.05, 0) is 40.0 Å². The Bertz CT molecular complexity index is 302. The number of hydrogen-bond donors (Lipinski definition) is 0. The van der Waals surface area contributed by atoms with Crippen LogP contribution in [0.5, 0.6) is 0 Å². The Balaban J connectivity index is 3.01. The van der Waals surface area contributed by atoms with Gasteiger partial charge in [0, 0.05) is 0 Å². The van der Waals surface area contributed by atoms with Gasteiger partial charge in [-0.15, -0.1) is 6.58 Å². The molecular weight excluding hydrogens is 184 g/mol. The van der Waals surface area contributed by atoms with Crippen LogP contribution in [0, 0.1) is 0 Å². The normalized spacial score (nSPS) is 21.2. The Kier molecular flexibility index (Phi) is 2.35. The van der Waals surface area contributed by atoms with E-state index in [2.05, 4.69) is 6.58 Å². The van der Waals surface area contributed by atoms with E-state index in [4.69, 9.17) is 0 Å². The van der Waals surface area contributed by atoms with Crippen molar-refractivity contribution in [1.82, 2.24) is 0 Å². The first-order chi connectivity index (χ1) is 5.77. The summed E-state index contributed by atoms with van der Waals surface area (Å²) in [5.41, 5.74) is 0. The van der Waals surface area contributed by atoms with Crippen molar-refractivity contribution < 1.29 is 8.42 Å². The maximum absolute atomic E-state index is 12.1. The van der Waals surface area contributed by atoms with Gasteiger partial charge in [0.25, 0.3) is 0 Å². The smallest absolute Gasteiger partial charge is 0.161 e. The predicted molar refractivity (Wildman–Crippen MR) is 55.5 cm³/mol. The Hall–Kier alpha value is -0.310. The molecule has 0 amide bonds. The third-order valence-electron chi connectivity index (χ3n) is 2.70. The molecule has 1 rings (SSSR count). The van der Waals surface area contributed by atoms with Crippen molar-refractivity contribution >= 4 is 9.84 Å². The summed E-state index contributed by atoms with van der Waals surface area (Å²) >= 11 is 0. The van der Waals surface area contributed by atoms with Crippen molar-refractivity contribution in [2.24, 2.45) is 0 Å². The van der Waals surface area contributed by atoms with E-state index in [1.165, 1.54) is 0 Å². The second kappa shape index (κ2) is 2.84. The first-order valence-electron chi connectivity index (χ1n) is 4.62. The average Bonchev–Trinajstić information content (AvgIpc) is 2.67. The first-order valence-corrected chi connectivity index (χ1v) is 6.10. The fourth-order valence-corrected chi connectivity index (χ4v) is 3.91. The van der Waals surface area contributed by atoms with E-state index in [1.807, 2.05) is 0 Å². The third kappa shape index (κ3) is 1.54. The molecule has 0 unspecified atom stereocenters. The minimum absolute atomic E-state index is 0.465. The molecule has 1 fully saturated rings. The summed E-state index contributed by atoms with van der Waals surface area (Å²) in [5.74, 6) is 0. The van der Waals surface area contributed by atoms with Crippen LogP contribution in [0.25, 0.3) is 0 Å². The molecule has 0 aromatic heterocycles. The molecule has 76 valence electrons. The molecule has 13 heavy (non-hydrogen) atoms. The van der Waals surface area contributed by atoms with Crippen LogP contribution in [0.4, 0.5) is 0 Å². The Morgan fingerprint density at radius 2 is 1.85 bits per heavy atom. The van der Waals surface area contributed by atoms with E-state index >= 15 is 0 Å². The molecule has 0 spiro atoms. The molecule has 0 bridgehead atoms. The minimum Gasteiger partial charge on any atom is -0.228 e. The maximum Gasteiger partial charge on any atom is 0.161 e. The summed E-state index contributed by atoms with van der Waals surface area (Å²) in [7, 11) is -3.00. The van der Waals surface area contributed by atoms with E-state index in [-0.39, 0.29) is 0 Å². The van der Waals surface area contributed by atoms with Gasteiger partial charge in [-0.1, -0.05) is 6.08 Å². The lowest BCUT2D eigenvalue weighted by atomic mass is 10.2. The highest BCUT2D eigenvalue weighted by molar-refractivity contribution is 7.94. The van der Waals surface area contributed by atoms with Crippen LogP contribution >= 0.6 is 0 Å². The molecule has 0 heterocycles. The molecule has 0 aromatic rings. The van der Waals surface area contributed by atoms with Crippen molar-refractivity contribution in [3.63, 3.8) is 0 Å². The molecule has 0 N–H and O–H groups in total. The summed E-state index contributed by atoms with van der Waals surface area (Å²) in [6, 6.07) is 0. The number of rotatable bonds is 3. The molecule has 1 aliphatic rings. The fraction of sp³-hybridized carbons (Fsp3) is 0.800. The summed E-state index contributed by atoms with van der Waals surface area (Å²) in [5, 5.41) is 0. The minimum atomic E-state index is -3.00. The van der Waals surface area contributed by atoms with Gasteiger partial charge in [-0.2, -0.15) is 0 Å². The molecule has 2 nitrogen and oxygen atoms in total. The van der Waals surface area contributed by atoms with Crippen molar-refractivity contribution in [3.8, 4) is 0 Å². The lowest BCUT2D eigenvalue weighted by molar-refractivity contribution is 0.540. The van der Waals surface area contributed by atoms with Crippen molar-refractivity contribution in [1.29, 1.82) is 0 Å². The zero-order chi connectivity index (χ0) is 10.3. The zero-order valence-corrected chi connectivity index (χ0v) is 9.45. The highest BCUT2D eigenvalue weighted by Gasteiger charge is 2.57. The number of hydrogen-bond acceptors (Lipinski definition) is 2. The van der Waals surface area contributed by atoms with Crippen LogP contribution in [0.2, 0.25) is 0 Å². The zero-order valence-electron chi connectivity index (χ0n) is 8.63. The van der Waals surface area contributed by atoms with Gasteiger partial charge >= 0.3 is 0 Å². The molecule has 1 saturated carbocycles. The van der Waals surface area contributed by atoms with Gasteiger partial charge in [0.15, 0.2) is 9.84 Å². The van der Waals surface area contributed by atoms with Crippen LogP contribution in [-0.4, -0.2) is 17.9 Å². The predicted octanol–water partition coefficient (Wildman–Crippen LogP) is 2.31.